The van der Waals surface area contributed by atoms with Gasteiger partial charge >= 0.3 is 11.9 Å². The van der Waals surface area contributed by atoms with Crippen molar-refractivity contribution in [1.29, 1.82) is 0 Å². The molecule has 4 aromatic rings. The van der Waals surface area contributed by atoms with Crippen molar-refractivity contribution in [3.63, 3.8) is 0 Å². The van der Waals surface area contributed by atoms with Crippen molar-refractivity contribution < 1.29 is 28.5 Å². The van der Waals surface area contributed by atoms with Crippen molar-refractivity contribution in [1.82, 2.24) is 0 Å². The Bertz CT molecular complexity index is 1440. The van der Waals surface area contributed by atoms with E-state index in [1.807, 2.05) is 32.0 Å². The maximum Gasteiger partial charge on any atom is 0.343 e. The molecular formula is C32H30O6. The lowest BCUT2D eigenvalue weighted by molar-refractivity contribution is -0.131. The van der Waals surface area contributed by atoms with Gasteiger partial charge < -0.3 is 18.9 Å². The van der Waals surface area contributed by atoms with E-state index in [9.17, 15) is 9.59 Å². The highest BCUT2D eigenvalue weighted by molar-refractivity contribution is 5.91. The molecule has 0 aliphatic carbocycles. The third kappa shape index (κ3) is 6.40. The molecule has 0 aliphatic rings. The van der Waals surface area contributed by atoms with Gasteiger partial charge in [-0.1, -0.05) is 31.2 Å². The highest BCUT2D eigenvalue weighted by Gasteiger charge is 2.15. The van der Waals surface area contributed by atoms with Crippen LogP contribution in [0.5, 0.6) is 28.7 Å². The number of ether oxygens (including phenoxy) is 4. The van der Waals surface area contributed by atoms with Gasteiger partial charge in [-0.05, 0) is 96.8 Å². The molecule has 1 atom stereocenters. The third-order valence-electron chi connectivity index (χ3n) is 6.23. The molecule has 0 aromatic heterocycles. The van der Waals surface area contributed by atoms with Crippen LogP contribution < -0.4 is 18.9 Å². The number of hydrogen-bond acceptors (Lipinski definition) is 6. The predicted octanol–water partition coefficient (Wildman–Crippen LogP) is 7.40. The largest absolute Gasteiger partial charge is 0.496 e. The van der Waals surface area contributed by atoms with Crippen molar-refractivity contribution in [2.45, 2.75) is 33.6 Å². The zero-order valence-electron chi connectivity index (χ0n) is 22.1. The molecule has 0 saturated carbocycles. The molecule has 4 rings (SSSR count). The minimum Gasteiger partial charge on any atom is -0.496 e. The summed E-state index contributed by atoms with van der Waals surface area (Å²) in [7, 11) is 1.67. The predicted molar refractivity (Wildman–Crippen MR) is 146 cm³/mol. The van der Waals surface area contributed by atoms with E-state index in [-0.39, 0.29) is 11.9 Å². The second kappa shape index (κ2) is 11.6. The number of aryl methyl sites for hydroxylation is 2. The first-order valence-corrected chi connectivity index (χ1v) is 12.3. The van der Waals surface area contributed by atoms with Gasteiger partial charge in [0.1, 0.15) is 28.7 Å². The van der Waals surface area contributed by atoms with Crippen LogP contribution in [0.25, 0.3) is 0 Å². The molecule has 0 bridgehead atoms. The topological polar surface area (TPSA) is 71.1 Å². The van der Waals surface area contributed by atoms with E-state index in [4.69, 9.17) is 18.9 Å². The molecule has 1 unspecified atom stereocenters. The van der Waals surface area contributed by atoms with E-state index < -0.39 is 5.97 Å². The van der Waals surface area contributed by atoms with E-state index in [0.717, 1.165) is 22.4 Å². The molecule has 0 amide bonds. The average Bonchev–Trinajstić information content (AvgIpc) is 2.90. The number of rotatable bonds is 8. The van der Waals surface area contributed by atoms with Gasteiger partial charge in [0, 0.05) is 12.8 Å². The lowest BCUT2D eigenvalue weighted by Gasteiger charge is -2.16. The Morgan fingerprint density at radius 2 is 1.16 bits per heavy atom. The second-order valence-corrected chi connectivity index (χ2v) is 9.06. The number of carbonyl (C=O) groups excluding carboxylic acids is 2. The van der Waals surface area contributed by atoms with Crippen LogP contribution in [0.3, 0.4) is 0 Å². The Hall–Kier alpha value is -4.58. The molecule has 6 nitrogen and oxygen atoms in total. The van der Waals surface area contributed by atoms with Crippen LogP contribution in [-0.2, 0) is 4.79 Å². The van der Waals surface area contributed by atoms with Crippen LogP contribution in [0.15, 0.2) is 84.9 Å². The highest BCUT2D eigenvalue weighted by atomic mass is 16.5. The summed E-state index contributed by atoms with van der Waals surface area (Å²) in [6.07, 6.45) is 0. The van der Waals surface area contributed by atoms with Crippen molar-refractivity contribution in [2.75, 3.05) is 7.11 Å². The van der Waals surface area contributed by atoms with Crippen molar-refractivity contribution >= 4 is 11.9 Å². The molecule has 38 heavy (non-hydrogen) atoms. The Balaban J connectivity index is 1.39. The normalized spacial score (nSPS) is 11.4. The molecule has 194 valence electrons. The lowest BCUT2D eigenvalue weighted by atomic mass is 9.91. The van der Waals surface area contributed by atoms with Gasteiger partial charge in [-0.3, -0.25) is 4.79 Å². The van der Waals surface area contributed by atoms with Crippen LogP contribution in [0, 0.1) is 13.8 Å². The maximum atomic E-state index is 12.8. The van der Waals surface area contributed by atoms with Crippen molar-refractivity contribution in [3.8, 4) is 28.7 Å². The number of benzene rings is 4. The zero-order chi connectivity index (χ0) is 27.2. The summed E-state index contributed by atoms with van der Waals surface area (Å²) in [6, 6.07) is 25.5. The maximum absolute atomic E-state index is 12.8. The van der Waals surface area contributed by atoms with Gasteiger partial charge in [0.2, 0.25) is 0 Å². The van der Waals surface area contributed by atoms with Crippen molar-refractivity contribution in [3.05, 3.63) is 113 Å². The zero-order valence-corrected chi connectivity index (χ0v) is 22.1. The summed E-state index contributed by atoms with van der Waals surface area (Å²) in [4.78, 5) is 23.8. The minimum absolute atomic E-state index is 0.175. The molecule has 0 aliphatic heterocycles. The molecule has 0 radical (unpaired) electrons. The van der Waals surface area contributed by atoms with Gasteiger partial charge in [-0.25, -0.2) is 4.79 Å². The minimum atomic E-state index is -0.447. The average molecular weight is 511 g/mol. The number of carbonyl (C=O) groups is 2. The van der Waals surface area contributed by atoms with Gasteiger partial charge in [0.15, 0.2) is 0 Å². The monoisotopic (exact) mass is 510 g/mol. The smallest absolute Gasteiger partial charge is 0.343 e. The molecule has 4 aromatic carbocycles. The number of hydrogen-bond donors (Lipinski definition) is 0. The summed E-state index contributed by atoms with van der Waals surface area (Å²) >= 11 is 0. The Morgan fingerprint density at radius 1 is 0.658 bits per heavy atom. The summed E-state index contributed by atoms with van der Waals surface area (Å²) in [5.41, 5.74) is 4.70. The van der Waals surface area contributed by atoms with Crippen LogP contribution in [-0.4, -0.2) is 19.0 Å². The summed E-state index contributed by atoms with van der Waals surface area (Å²) in [5.74, 6) is 2.31. The standard InChI is InChI=1S/C32H30O6/c1-20-18-25(8-16-30(20)35-5)22(3)26-9-17-31(21(2)19-26)38-32(34)24-6-10-28(11-7-24)37-29-14-12-27(13-15-29)36-23(4)33/h6-19,22H,1-5H3. The summed E-state index contributed by atoms with van der Waals surface area (Å²) in [5, 5.41) is 0. The van der Waals surface area contributed by atoms with E-state index in [1.54, 1.807) is 55.6 Å². The fourth-order valence-electron chi connectivity index (χ4n) is 4.12. The molecule has 0 saturated heterocycles. The highest BCUT2D eigenvalue weighted by Crippen LogP contribution is 2.31. The molecular weight excluding hydrogens is 480 g/mol. The van der Waals surface area contributed by atoms with Crippen LogP contribution in [0.2, 0.25) is 0 Å². The first-order chi connectivity index (χ1) is 18.2. The van der Waals surface area contributed by atoms with Gasteiger partial charge in [0.05, 0.1) is 12.7 Å². The molecule has 0 heterocycles. The number of esters is 2. The van der Waals surface area contributed by atoms with E-state index in [0.29, 0.717) is 28.6 Å². The quantitative estimate of drug-likeness (QED) is 0.182. The van der Waals surface area contributed by atoms with Crippen LogP contribution in [0.4, 0.5) is 0 Å². The Labute approximate surface area is 222 Å². The first-order valence-electron chi connectivity index (χ1n) is 12.3. The van der Waals surface area contributed by atoms with Crippen molar-refractivity contribution in [2.24, 2.45) is 0 Å². The van der Waals surface area contributed by atoms with Gasteiger partial charge in [-0.2, -0.15) is 0 Å². The molecule has 6 heteroatoms. The second-order valence-electron chi connectivity index (χ2n) is 9.06. The summed E-state index contributed by atoms with van der Waals surface area (Å²) < 4.78 is 21.9. The SMILES string of the molecule is COc1ccc(C(C)c2ccc(OC(=O)c3ccc(Oc4ccc(OC(C)=O)cc4)cc3)c(C)c2)cc1C. The Kier molecular flexibility index (Phi) is 8.12. The Morgan fingerprint density at radius 3 is 1.66 bits per heavy atom. The van der Waals surface area contributed by atoms with Crippen LogP contribution in [0.1, 0.15) is 52.4 Å². The van der Waals surface area contributed by atoms with E-state index in [1.165, 1.54) is 12.5 Å². The molecule has 0 fully saturated rings. The fourth-order valence-corrected chi connectivity index (χ4v) is 4.12. The first kappa shape index (κ1) is 26.5. The van der Waals surface area contributed by atoms with Gasteiger partial charge in [-0.15, -0.1) is 0 Å². The third-order valence-corrected chi connectivity index (χ3v) is 6.23. The number of methoxy groups -OCH3 is 1. The van der Waals surface area contributed by atoms with E-state index in [2.05, 4.69) is 25.1 Å². The van der Waals surface area contributed by atoms with Crippen LogP contribution >= 0.6 is 0 Å². The molecule has 0 N–H and O–H groups in total. The molecule has 0 spiro atoms. The fraction of sp³-hybridized carbons (Fsp3) is 0.188. The van der Waals surface area contributed by atoms with Gasteiger partial charge in [0.25, 0.3) is 0 Å². The lowest BCUT2D eigenvalue weighted by Crippen LogP contribution is -2.09. The summed E-state index contributed by atoms with van der Waals surface area (Å²) in [6.45, 7) is 7.46. The van der Waals surface area contributed by atoms with E-state index >= 15 is 0 Å².